The molecule has 2 aromatic rings. The second-order valence-electron chi connectivity index (χ2n) is 4.21. The zero-order valence-electron chi connectivity index (χ0n) is 11.2. The zero-order valence-corrected chi connectivity index (χ0v) is 11.2. The first-order valence-electron chi connectivity index (χ1n) is 6.02. The van der Waals surface area contributed by atoms with E-state index in [0.29, 0.717) is 16.8 Å². The van der Waals surface area contributed by atoms with Gasteiger partial charge in [0.05, 0.1) is 12.7 Å². The maximum absolute atomic E-state index is 12.1. The first-order valence-corrected chi connectivity index (χ1v) is 6.02. The number of rotatable bonds is 3. The SMILES string of the molecule is COC(=O)c1ccc(C)c(NC(=O)c2ccncc2)c1. The third kappa shape index (κ3) is 3.00. The van der Waals surface area contributed by atoms with Crippen LogP contribution in [0.5, 0.6) is 0 Å². The molecule has 0 radical (unpaired) electrons. The van der Waals surface area contributed by atoms with Gasteiger partial charge in [0.2, 0.25) is 0 Å². The van der Waals surface area contributed by atoms with Gasteiger partial charge in [-0.2, -0.15) is 0 Å². The lowest BCUT2D eigenvalue weighted by Gasteiger charge is -2.10. The van der Waals surface area contributed by atoms with E-state index in [9.17, 15) is 9.59 Å². The number of amides is 1. The minimum absolute atomic E-state index is 0.252. The zero-order chi connectivity index (χ0) is 14.5. The van der Waals surface area contributed by atoms with E-state index in [-0.39, 0.29) is 5.91 Å². The lowest BCUT2D eigenvalue weighted by Crippen LogP contribution is -2.13. The van der Waals surface area contributed by atoms with E-state index >= 15 is 0 Å². The molecule has 1 aromatic heterocycles. The summed E-state index contributed by atoms with van der Waals surface area (Å²) in [5.74, 6) is -0.693. The predicted octanol–water partition coefficient (Wildman–Crippen LogP) is 2.43. The van der Waals surface area contributed by atoms with Crippen LogP contribution in [-0.4, -0.2) is 24.0 Å². The Hall–Kier alpha value is -2.69. The summed E-state index contributed by atoms with van der Waals surface area (Å²) >= 11 is 0. The van der Waals surface area contributed by atoms with Crippen LogP contribution in [0, 0.1) is 6.92 Å². The van der Waals surface area contributed by atoms with Gasteiger partial charge in [0.25, 0.3) is 5.91 Å². The van der Waals surface area contributed by atoms with Gasteiger partial charge in [-0.05, 0) is 36.8 Å². The molecule has 1 N–H and O–H groups in total. The number of ether oxygens (including phenoxy) is 1. The van der Waals surface area contributed by atoms with Gasteiger partial charge in [0.15, 0.2) is 0 Å². The van der Waals surface area contributed by atoms with Crippen LogP contribution in [-0.2, 0) is 4.74 Å². The van der Waals surface area contributed by atoms with Gasteiger partial charge < -0.3 is 10.1 Å². The Morgan fingerprint density at radius 1 is 1.10 bits per heavy atom. The topological polar surface area (TPSA) is 68.3 Å². The van der Waals surface area contributed by atoms with E-state index in [4.69, 9.17) is 0 Å². The third-order valence-corrected chi connectivity index (χ3v) is 2.85. The Bertz CT molecular complexity index is 639. The number of nitrogens with zero attached hydrogens (tertiary/aromatic N) is 1. The molecule has 1 amide bonds. The summed E-state index contributed by atoms with van der Waals surface area (Å²) in [5, 5.41) is 2.77. The average Bonchev–Trinajstić information content (AvgIpc) is 2.49. The quantitative estimate of drug-likeness (QED) is 0.870. The van der Waals surface area contributed by atoms with E-state index in [1.165, 1.54) is 7.11 Å². The Kier molecular flexibility index (Phi) is 4.10. The van der Waals surface area contributed by atoms with Crippen molar-refractivity contribution >= 4 is 17.6 Å². The molecule has 0 fully saturated rings. The fourth-order valence-corrected chi connectivity index (χ4v) is 1.70. The molecule has 0 saturated carbocycles. The van der Waals surface area contributed by atoms with Crippen LogP contribution in [0.25, 0.3) is 0 Å². The predicted molar refractivity (Wildman–Crippen MR) is 74.7 cm³/mol. The molecule has 0 atom stereocenters. The van der Waals surface area contributed by atoms with Crippen LogP contribution in [0.1, 0.15) is 26.3 Å². The van der Waals surface area contributed by atoms with Gasteiger partial charge in [0, 0.05) is 23.6 Å². The summed E-state index contributed by atoms with van der Waals surface area (Å²) in [4.78, 5) is 27.4. The Morgan fingerprint density at radius 3 is 2.45 bits per heavy atom. The van der Waals surface area contributed by atoms with Crippen LogP contribution in [0.3, 0.4) is 0 Å². The van der Waals surface area contributed by atoms with Gasteiger partial charge in [-0.25, -0.2) is 4.79 Å². The van der Waals surface area contributed by atoms with E-state index in [2.05, 4.69) is 15.0 Å². The van der Waals surface area contributed by atoms with Gasteiger partial charge in [-0.1, -0.05) is 6.07 Å². The van der Waals surface area contributed by atoms with E-state index in [0.717, 1.165) is 5.56 Å². The molecule has 0 aliphatic heterocycles. The van der Waals surface area contributed by atoms with Crippen LogP contribution >= 0.6 is 0 Å². The first-order chi connectivity index (χ1) is 9.61. The molecule has 0 bridgehead atoms. The van der Waals surface area contributed by atoms with Crippen molar-refractivity contribution in [1.82, 2.24) is 4.98 Å². The van der Waals surface area contributed by atoms with Crippen molar-refractivity contribution in [1.29, 1.82) is 0 Å². The standard InChI is InChI=1S/C15H14N2O3/c1-10-3-4-12(15(19)20-2)9-13(10)17-14(18)11-5-7-16-8-6-11/h3-9H,1-2H3,(H,17,18). The summed E-state index contributed by atoms with van der Waals surface area (Å²) in [6.07, 6.45) is 3.10. The molecule has 5 heteroatoms. The van der Waals surface area contributed by atoms with Crippen LogP contribution in [0.2, 0.25) is 0 Å². The molecule has 2 rings (SSSR count). The van der Waals surface area contributed by atoms with Crippen molar-refractivity contribution in [2.24, 2.45) is 0 Å². The number of carbonyl (C=O) groups excluding carboxylic acids is 2. The highest BCUT2D eigenvalue weighted by Gasteiger charge is 2.11. The summed E-state index contributed by atoms with van der Waals surface area (Å²) < 4.78 is 4.66. The minimum Gasteiger partial charge on any atom is -0.465 e. The lowest BCUT2D eigenvalue weighted by molar-refractivity contribution is 0.0600. The number of benzene rings is 1. The average molecular weight is 270 g/mol. The minimum atomic E-state index is -0.440. The largest absolute Gasteiger partial charge is 0.465 e. The van der Waals surface area contributed by atoms with E-state index in [1.54, 1.807) is 42.7 Å². The summed E-state index contributed by atoms with van der Waals surface area (Å²) in [6, 6.07) is 8.25. The maximum Gasteiger partial charge on any atom is 0.337 e. The smallest absolute Gasteiger partial charge is 0.337 e. The van der Waals surface area contributed by atoms with Crippen molar-refractivity contribution in [3.63, 3.8) is 0 Å². The van der Waals surface area contributed by atoms with Gasteiger partial charge >= 0.3 is 5.97 Å². The van der Waals surface area contributed by atoms with Crippen molar-refractivity contribution < 1.29 is 14.3 Å². The second kappa shape index (κ2) is 5.97. The number of hydrogen-bond donors (Lipinski definition) is 1. The maximum atomic E-state index is 12.1. The van der Waals surface area contributed by atoms with Crippen LogP contribution in [0.4, 0.5) is 5.69 Å². The number of nitrogens with one attached hydrogen (secondary N) is 1. The van der Waals surface area contributed by atoms with Crippen LogP contribution < -0.4 is 5.32 Å². The fraction of sp³-hybridized carbons (Fsp3) is 0.133. The monoisotopic (exact) mass is 270 g/mol. The van der Waals surface area contributed by atoms with Gasteiger partial charge in [-0.15, -0.1) is 0 Å². The second-order valence-corrected chi connectivity index (χ2v) is 4.21. The number of aryl methyl sites for hydroxylation is 1. The Balaban J connectivity index is 2.25. The molecular formula is C15H14N2O3. The highest BCUT2D eigenvalue weighted by molar-refractivity contribution is 6.05. The highest BCUT2D eigenvalue weighted by Crippen LogP contribution is 2.18. The molecule has 0 saturated heterocycles. The van der Waals surface area contributed by atoms with E-state index < -0.39 is 5.97 Å². The van der Waals surface area contributed by atoms with Crippen molar-refractivity contribution in [2.75, 3.05) is 12.4 Å². The fourth-order valence-electron chi connectivity index (χ4n) is 1.70. The summed E-state index contributed by atoms with van der Waals surface area (Å²) in [7, 11) is 1.32. The molecule has 0 aliphatic carbocycles. The number of hydrogen-bond acceptors (Lipinski definition) is 4. The third-order valence-electron chi connectivity index (χ3n) is 2.85. The molecule has 1 aromatic carbocycles. The molecule has 20 heavy (non-hydrogen) atoms. The number of carbonyl (C=O) groups is 2. The molecule has 5 nitrogen and oxygen atoms in total. The Morgan fingerprint density at radius 2 is 1.80 bits per heavy atom. The lowest BCUT2D eigenvalue weighted by atomic mass is 10.1. The van der Waals surface area contributed by atoms with Crippen molar-refractivity contribution in [2.45, 2.75) is 6.92 Å². The number of aromatic nitrogens is 1. The van der Waals surface area contributed by atoms with Crippen molar-refractivity contribution in [3.8, 4) is 0 Å². The van der Waals surface area contributed by atoms with Gasteiger partial charge in [-0.3, -0.25) is 9.78 Å². The van der Waals surface area contributed by atoms with Gasteiger partial charge in [0.1, 0.15) is 0 Å². The number of methoxy groups -OCH3 is 1. The molecule has 0 spiro atoms. The number of pyridine rings is 1. The normalized spacial score (nSPS) is 9.90. The molecule has 1 heterocycles. The first kappa shape index (κ1) is 13.7. The molecule has 102 valence electrons. The highest BCUT2D eigenvalue weighted by atomic mass is 16.5. The summed E-state index contributed by atoms with van der Waals surface area (Å²) in [5.41, 5.74) is 2.33. The summed E-state index contributed by atoms with van der Waals surface area (Å²) in [6.45, 7) is 1.85. The molecular weight excluding hydrogens is 256 g/mol. The van der Waals surface area contributed by atoms with E-state index in [1.807, 2.05) is 6.92 Å². The number of anilines is 1. The van der Waals surface area contributed by atoms with Crippen molar-refractivity contribution in [3.05, 3.63) is 59.4 Å². The molecule has 0 unspecified atom stereocenters. The molecule has 0 aliphatic rings. The number of esters is 1. The Labute approximate surface area is 116 Å². The van der Waals surface area contributed by atoms with Crippen LogP contribution in [0.15, 0.2) is 42.7 Å².